The van der Waals surface area contributed by atoms with Crippen LogP contribution in [0.1, 0.15) is 6.92 Å². The van der Waals surface area contributed by atoms with E-state index in [2.05, 4.69) is 15.5 Å². The van der Waals surface area contributed by atoms with Gasteiger partial charge in [-0.2, -0.15) is 0 Å². The van der Waals surface area contributed by atoms with Crippen molar-refractivity contribution in [1.82, 2.24) is 10.2 Å². The molecule has 2 aromatic rings. The van der Waals surface area contributed by atoms with Crippen LogP contribution in [0.2, 0.25) is 0 Å². The van der Waals surface area contributed by atoms with Gasteiger partial charge in [0.1, 0.15) is 0 Å². The second kappa shape index (κ2) is 6.31. The topological polar surface area (TPSA) is 69.4 Å². The summed E-state index contributed by atoms with van der Waals surface area (Å²) in [4.78, 5) is 0. The number of rotatable bonds is 6. The Morgan fingerprint density at radius 2 is 2.05 bits per heavy atom. The Labute approximate surface area is 111 Å². The minimum Gasteiger partial charge on any atom is -0.423 e. The lowest BCUT2D eigenvalue weighted by atomic mass is 10.2. The van der Waals surface area contributed by atoms with Crippen LogP contribution in [0.4, 0.5) is 5.69 Å². The van der Waals surface area contributed by atoms with Crippen molar-refractivity contribution in [3.8, 4) is 11.5 Å². The van der Waals surface area contributed by atoms with E-state index in [4.69, 9.17) is 13.9 Å². The van der Waals surface area contributed by atoms with Crippen molar-refractivity contribution < 1.29 is 13.9 Å². The normalized spacial score (nSPS) is 12.6. The van der Waals surface area contributed by atoms with Crippen LogP contribution in [0, 0.1) is 0 Å². The lowest BCUT2D eigenvalue weighted by Crippen LogP contribution is -2.33. The first-order valence-corrected chi connectivity index (χ1v) is 5.93. The van der Waals surface area contributed by atoms with E-state index in [1.165, 1.54) is 6.39 Å². The van der Waals surface area contributed by atoms with Crippen LogP contribution in [0.15, 0.2) is 35.1 Å². The molecule has 0 spiro atoms. The van der Waals surface area contributed by atoms with Gasteiger partial charge in [-0.25, -0.2) is 0 Å². The van der Waals surface area contributed by atoms with E-state index in [1.807, 2.05) is 31.2 Å². The van der Waals surface area contributed by atoms with Gasteiger partial charge in [0, 0.05) is 25.5 Å². The molecule has 6 nitrogen and oxygen atoms in total. The molecule has 2 rings (SSSR count). The largest absolute Gasteiger partial charge is 0.423 e. The first kappa shape index (κ1) is 13.5. The number of nitrogens with zero attached hydrogens (tertiary/aromatic N) is 2. The molecule has 0 saturated carbocycles. The molecule has 0 amide bonds. The third kappa shape index (κ3) is 3.30. The molecule has 102 valence electrons. The molecule has 0 aliphatic rings. The fraction of sp³-hybridized carbons (Fsp3) is 0.385. The monoisotopic (exact) mass is 263 g/mol. The van der Waals surface area contributed by atoms with Gasteiger partial charge in [-0.1, -0.05) is 6.07 Å². The second-order valence-electron chi connectivity index (χ2n) is 4.10. The van der Waals surface area contributed by atoms with Crippen molar-refractivity contribution in [2.24, 2.45) is 0 Å². The van der Waals surface area contributed by atoms with Crippen molar-refractivity contribution in [1.29, 1.82) is 0 Å². The van der Waals surface area contributed by atoms with E-state index in [-0.39, 0.29) is 12.3 Å². The van der Waals surface area contributed by atoms with Gasteiger partial charge in [0.25, 0.3) is 0 Å². The summed E-state index contributed by atoms with van der Waals surface area (Å²) in [7, 11) is 3.22. The number of benzene rings is 1. The maximum Gasteiger partial charge on any atom is 0.247 e. The summed E-state index contributed by atoms with van der Waals surface area (Å²) >= 11 is 0. The van der Waals surface area contributed by atoms with Crippen LogP contribution in [0.5, 0.6) is 0 Å². The lowest BCUT2D eigenvalue weighted by molar-refractivity contribution is -0.109. The summed E-state index contributed by atoms with van der Waals surface area (Å²) in [5, 5.41) is 10.9. The molecule has 1 heterocycles. The summed E-state index contributed by atoms with van der Waals surface area (Å²) in [6.45, 7) is 1.98. The number of hydrogen-bond acceptors (Lipinski definition) is 6. The molecule has 0 aliphatic carbocycles. The number of nitrogens with one attached hydrogen (secondary N) is 1. The Bertz CT molecular complexity index is 498. The molecule has 19 heavy (non-hydrogen) atoms. The van der Waals surface area contributed by atoms with Gasteiger partial charge in [-0.3, -0.25) is 0 Å². The smallest absolute Gasteiger partial charge is 0.247 e. The summed E-state index contributed by atoms with van der Waals surface area (Å²) in [6, 6.07) is 7.73. The quantitative estimate of drug-likeness (QED) is 0.805. The van der Waals surface area contributed by atoms with E-state index in [0.717, 1.165) is 11.3 Å². The first-order valence-electron chi connectivity index (χ1n) is 5.93. The summed E-state index contributed by atoms with van der Waals surface area (Å²) in [6.07, 6.45) is 0.997. The van der Waals surface area contributed by atoms with Crippen LogP contribution in [0.3, 0.4) is 0 Å². The number of anilines is 1. The number of methoxy groups -OCH3 is 2. The van der Waals surface area contributed by atoms with Gasteiger partial charge in [0.15, 0.2) is 6.29 Å². The van der Waals surface area contributed by atoms with Crippen LogP contribution < -0.4 is 5.32 Å². The van der Waals surface area contributed by atoms with Crippen LogP contribution in [-0.4, -0.2) is 36.7 Å². The Kier molecular flexibility index (Phi) is 4.48. The van der Waals surface area contributed by atoms with Crippen molar-refractivity contribution in [3.63, 3.8) is 0 Å². The van der Waals surface area contributed by atoms with Crippen LogP contribution in [0.25, 0.3) is 11.5 Å². The van der Waals surface area contributed by atoms with Crippen molar-refractivity contribution in [2.75, 3.05) is 19.5 Å². The van der Waals surface area contributed by atoms with E-state index in [9.17, 15) is 0 Å². The minimum atomic E-state index is -0.313. The maximum absolute atomic E-state index is 5.21. The van der Waals surface area contributed by atoms with Gasteiger partial charge in [0.05, 0.1) is 6.04 Å². The Morgan fingerprint density at radius 3 is 2.68 bits per heavy atom. The molecule has 0 saturated heterocycles. The second-order valence-corrected chi connectivity index (χ2v) is 4.10. The third-order valence-corrected chi connectivity index (χ3v) is 2.74. The molecule has 1 aromatic heterocycles. The zero-order valence-corrected chi connectivity index (χ0v) is 11.2. The predicted octanol–water partition coefficient (Wildman–Crippen LogP) is 2.16. The number of ether oxygens (including phenoxy) is 2. The highest BCUT2D eigenvalue weighted by molar-refractivity contribution is 5.61. The summed E-state index contributed by atoms with van der Waals surface area (Å²) in [5.74, 6) is 0.492. The summed E-state index contributed by atoms with van der Waals surface area (Å²) < 4.78 is 15.6. The molecule has 0 radical (unpaired) electrons. The van der Waals surface area contributed by atoms with Crippen LogP contribution >= 0.6 is 0 Å². The highest BCUT2D eigenvalue weighted by Gasteiger charge is 2.15. The Morgan fingerprint density at radius 1 is 1.26 bits per heavy atom. The lowest BCUT2D eigenvalue weighted by Gasteiger charge is -2.23. The highest BCUT2D eigenvalue weighted by atomic mass is 16.7. The maximum atomic E-state index is 5.21. The number of aromatic nitrogens is 2. The van der Waals surface area contributed by atoms with Gasteiger partial charge < -0.3 is 19.2 Å². The zero-order valence-electron chi connectivity index (χ0n) is 11.2. The van der Waals surface area contributed by atoms with Gasteiger partial charge in [-0.05, 0) is 25.1 Å². The molecular weight excluding hydrogens is 246 g/mol. The van der Waals surface area contributed by atoms with E-state index >= 15 is 0 Å². The molecule has 1 aromatic carbocycles. The molecule has 1 atom stereocenters. The van der Waals surface area contributed by atoms with E-state index in [0.29, 0.717) is 5.89 Å². The first-order chi connectivity index (χ1) is 9.24. The molecule has 1 unspecified atom stereocenters. The van der Waals surface area contributed by atoms with Gasteiger partial charge in [0.2, 0.25) is 12.3 Å². The predicted molar refractivity (Wildman–Crippen MR) is 70.6 cm³/mol. The zero-order chi connectivity index (χ0) is 13.7. The van der Waals surface area contributed by atoms with E-state index < -0.39 is 0 Å². The van der Waals surface area contributed by atoms with Crippen LogP contribution in [-0.2, 0) is 9.47 Å². The molecule has 0 bridgehead atoms. The fourth-order valence-electron chi connectivity index (χ4n) is 1.88. The molecule has 1 N–H and O–H groups in total. The standard InChI is InChI=1S/C13H17N3O3/c1-9(13(17-2)18-3)15-11-6-4-5-10(7-11)12-16-14-8-19-12/h4-9,13,15H,1-3H3. The van der Waals surface area contributed by atoms with Crippen molar-refractivity contribution in [3.05, 3.63) is 30.7 Å². The van der Waals surface area contributed by atoms with Gasteiger partial charge in [-0.15, -0.1) is 10.2 Å². The molecule has 0 fully saturated rings. The molecule has 0 aliphatic heterocycles. The highest BCUT2D eigenvalue weighted by Crippen LogP contribution is 2.21. The minimum absolute atomic E-state index is 0.00735. The summed E-state index contributed by atoms with van der Waals surface area (Å²) in [5.41, 5.74) is 1.79. The van der Waals surface area contributed by atoms with E-state index in [1.54, 1.807) is 14.2 Å². The van der Waals surface area contributed by atoms with Crippen molar-refractivity contribution >= 4 is 5.69 Å². The molecule has 6 heteroatoms. The average Bonchev–Trinajstić information content (AvgIpc) is 2.94. The molecular formula is C13H17N3O3. The number of hydrogen-bond donors (Lipinski definition) is 1. The fourth-order valence-corrected chi connectivity index (χ4v) is 1.88. The average molecular weight is 263 g/mol. The Hall–Kier alpha value is -1.92. The van der Waals surface area contributed by atoms with Gasteiger partial charge >= 0.3 is 0 Å². The van der Waals surface area contributed by atoms with Crippen molar-refractivity contribution in [2.45, 2.75) is 19.3 Å². The third-order valence-electron chi connectivity index (χ3n) is 2.74. The SMILES string of the molecule is COC(OC)C(C)Nc1cccc(-c2nnco2)c1. The Balaban J connectivity index is 2.11.